The van der Waals surface area contributed by atoms with Crippen LogP contribution < -0.4 is 11.2 Å². The van der Waals surface area contributed by atoms with Crippen molar-refractivity contribution in [2.45, 2.75) is 26.6 Å². The second-order valence-electron chi connectivity index (χ2n) is 6.87. The average Bonchev–Trinajstić information content (AvgIpc) is 3.43. The van der Waals surface area contributed by atoms with Crippen LogP contribution in [-0.4, -0.2) is 35.0 Å². The van der Waals surface area contributed by atoms with Crippen molar-refractivity contribution in [1.82, 2.24) is 29.0 Å². The molecule has 9 nitrogen and oxygen atoms in total. The van der Waals surface area contributed by atoms with E-state index in [1.54, 1.807) is 17.4 Å². The molecule has 1 amide bonds. The minimum atomic E-state index is -0.485. The maximum absolute atomic E-state index is 13.0. The fourth-order valence-electron chi connectivity index (χ4n) is 3.57. The van der Waals surface area contributed by atoms with Crippen molar-refractivity contribution in [3.05, 3.63) is 73.6 Å². The van der Waals surface area contributed by atoms with Crippen LogP contribution in [0, 0.1) is 6.92 Å². The van der Waals surface area contributed by atoms with Gasteiger partial charge in [-0.25, -0.2) is 19.3 Å². The zero-order chi connectivity index (χ0) is 20.1. The first-order valence-corrected chi connectivity index (χ1v) is 9.87. The largest absolute Gasteiger partial charge is 0.347 e. The van der Waals surface area contributed by atoms with Crippen molar-refractivity contribution in [2.75, 3.05) is 0 Å². The lowest BCUT2D eigenvalue weighted by molar-refractivity contribution is -0.132. The third-order valence-electron chi connectivity index (χ3n) is 5.09. The van der Waals surface area contributed by atoms with Gasteiger partial charge in [0.1, 0.15) is 6.54 Å². The Bertz CT molecular complexity index is 1370. The van der Waals surface area contributed by atoms with Crippen LogP contribution in [0.2, 0.25) is 0 Å². The second-order valence-corrected chi connectivity index (χ2v) is 7.82. The zero-order valence-electron chi connectivity index (χ0n) is 15.5. The zero-order valence-corrected chi connectivity index (χ0v) is 16.3. The molecule has 5 heterocycles. The number of nitrogens with zero attached hydrogens (tertiary/aromatic N) is 5. The number of aryl methyl sites for hydroxylation is 1. The molecule has 0 aliphatic carbocycles. The van der Waals surface area contributed by atoms with Gasteiger partial charge in [-0.2, -0.15) is 0 Å². The molecule has 0 saturated carbocycles. The van der Waals surface area contributed by atoms with Gasteiger partial charge in [-0.1, -0.05) is 6.07 Å². The van der Waals surface area contributed by atoms with Gasteiger partial charge >= 0.3 is 5.69 Å². The van der Waals surface area contributed by atoms with Crippen LogP contribution in [-0.2, 0) is 24.4 Å². The first-order valence-electron chi connectivity index (χ1n) is 8.99. The van der Waals surface area contributed by atoms with Crippen molar-refractivity contribution in [3.8, 4) is 10.6 Å². The predicted octanol–water partition coefficient (Wildman–Crippen LogP) is 1.16. The number of hydrogen-bond acceptors (Lipinski definition) is 6. The molecule has 0 spiro atoms. The van der Waals surface area contributed by atoms with E-state index < -0.39 is 5.69 Å². The number of amides is 1. The van der Waals surface area contributed by atoms with E-state index in [0.29, 0.717) is 16.9 Å². The summed E-state index contributed by atoms with van der Waals surface area (Å²) >= 11 is 1.59. The Labute approximate surface area is 167 Å². The van der Waals surface area contributed by atoms with Gasteiger partial charge in [-0.15, -0.1) is 11.3 Å². The molecule has 1 N–H and O–H groups in total. The SMILES string of the molecule is Cc1c(-c2cccs2)[nH]n2c(=O)c3c(nc12)CN(C(=O)Cn1cccnc1=O)C3. The van der Waals surface area contributed by atoms with Crippen LogP contribution in [0.15, 0.2) is 45.6 Å². The van der Waals surface area contributed by atoms with E-state index in [0.717, 1.165) is 16.1 Å². The van der Waals surface area contributed by atoms with Crippen molar-refractivity contribution in [3.63, 3.8) is 0 Å². The highest BCUT2D eigenvalue weighted by molar-refractivity contribution is 7.13. The lowest BCUT2D eigenvalue weighted by Gasteiger charge is -2.15. The number of nitrogens with one attached hydrogen (secondary N) is 1. The molecule has 0 unspecified atom stereocenters. The molecule has 1 aliphatic heterocycles. The Hall–Kier alpha value is -3.53. The number of thiophene rings is 1. The van der Waals surface area contributed by atoms with Gasteiger partial charge in [-0.05, 0) is 24.4 Å². The number of carbonyl (C=O) groups excluding carboxylic acids is 1. The van der Waals surface area contributed by atoms with Crippen molar-refractivity contribution in [2.24, 2.45) is 0 Å². The first-order chi connectivity index (χ1) is 14.0. The molecule has 0 bridgehead atoms. The van der Waals surface area contributed by atoms with Gasteiger partial charge in [0, 0.05) is 18.0 Å². The van der Waals surface area contributed by atoms with Gasteiger partial charge in [0.2, 0.25) is 5.91 Å². The Morgan fingerprint density at radius 3 is 2.90 bits per heavy atom. The number of rotatable bonds is 3. The highest BCUT2D eigenvalue weighted by Crippen LogP contribution is 2.29. The second kappa shape index (κ2) is 6.52. The van der Waals surface area contributed by atoms with E-state index in [1.165, 1.54) is 26.4 Å². The molecule has 1 aliphatic rings. The number of carbonyl (C=O) groups is 1. The molecule has 146 valence electrons. The number of aromatic nitrogens is 5. The molecule has 4 aromatic rings. The Balaban J connectivity index is 1.48. The number of aromatic amines is 1. The molecule has 0 atom stereocenters. The van der Waals surface area contributed by atoms with E-state index in [4.69, 9.17) is 0 Å². The maximum Gasteiger partial charge on any atom is 0.347 e. The standard InChI is InChI=1S/C19H16N6O3S/c1-11-16(14-4-2-7-29-14)22-25-17(11)21-13-9-24(8-12(13)18(25)27)15(26)10-23-6-3-5-20-19(23)28/h2-7,22H,8-10H2,1H3. The van der Waals surface area contributed by atoms with Gasteiger partial charge < -0.3 is 4.90 Å². The molecule has 29 heavy (non-hydrogen) atoms. The first kappa shape index (κ1) is 17.6. The van der Waals surface area contributed by atoms with Crippen LogP contribution >= 0.6 is 11.3 Å². The minimum absolute atomic E-state index is 0.124. The molecular formula is C19H16N6O3S. The van der Waals surface area contributed by atoms with Gasteiger partial charge in [-0.3, -0.25) is 19.3 Å². The van der Waals surface area contributed by atoms with Gasteiger partial charge in [0.25, 0.3) is 5.56 Å². The molecule has 4 aromatic heterocycles. The Morgan fingerprint density at radius 1 is 1.28 bits per heavy atom. The van der Waals surface area contributed by atoms with Crippen LogP contribution in [0.1, 0.15) is 16.8 Å². The summed E-state index contributed by atoms with van der Waals surface area (Å²) in [4.78, 5) is 48.3. The van der Waals surface area contributed by atoms with Crippen molar-refractivity contribution >= 4 is 22.9 Å². The summed E-state index contributed by atoms with van der Waals surface area (Å²) in [7, 11) is 0. The molecular weight excluding hydrogens is 392 g/mol. The number of fused-ring (bicyclic) bond motifs is 2. The third-order valence-corrected chi connectivity index (χ3v) is 5.98. The smallest absolute Gasteiger partial charge is 0.331 e. The monoisotopic (exact) mass is 408 g/mol. The quantitative estimate of drug-likeness (QED) is 0.548. The summed E-state index contributed by atoms with van der Waals surface area (Å²) in [5, 5.41) is 5.13. The highest BCUT2D eigenvalue weighted by atomic mass is 32.1. The topological polar surface area (TPSA) is 105 Å². The van der Waals surface area contributed by atoms with Crippen LogP contribution in [0.25, 0.3) is 16.2 Å². The summed E-state index contributed by atoms with van der Waals surface area (Å²) in [6.07, 6.45) is 2.90. The van der Waals surface area contributed by atoms with E-state index in [2.05, 4.69) is 15.1 Å². The van der Waals surface area contributed by atoms with Crippen molar-refractivity contribution < 1.29 is 4.79 Å². The molecule has 5 rings (SSSR count). The van der Waals surface area contributed by atoms with Crippen LogP contribution in [0.5, 0.6) is 0 Å². The lowest BCUT2D eigenvalue weighted by atomic mass is 10.2. The van der Waals surface area contributed by atoms with E-state index in [9.17, 15) is 14.4 Å². The van der Waals surface area contributed by atoms with E-state index in [-0.39, 0.29) is 31.1 Å². The summed E-state index contributed by atoms with van der Waals surface area (Å²) in [5.41, 5.74) is 2.73. The minimum Gasteiger partial charge on any atom is -0.331 e. The van der Waals surface area contributed by atoms with E-state index >= 15 is 0 Å². The lowest BCUT2D eigenvalue weighted by Crippen LogP contribution is -2.34. The fourth-order valence-corrected chi connectivity index (χ4v) is 4.35. The summed E-state index contributed by atoms with van der Waals surface area (Å²) < 4.78 is 2.69. The fraction of sp³-hybridized carbons (Fsp3) is 0.211. The maximum atomic E-state index is 13.0. The van der Waals surface area contributed by atoms with Crippen LogP contribution in [0.4, 0.5) is 0 Å². The average molecular weight is 408 g/mol. The Kier molecular flexibility index (Phi) is 3.95. The van der Waals surface area contributed by atoms with E-state index in [1.807, 2.05) is 24.4 Å². The summed E-state index contributed by atoms with van der Waals surface area (Å²) in [5.74, 6) is -0.262. The predicted molar refractivity (Wildman–Crippen MR) is 107 cm³/mol. The number of H-pyrrole nitrogens is 1. The van der Waals surface area contributed by atoms with Crippen LogP contribution in [0.3, 0.4) is 0 Å². The Morgan fingerprint density at radius 2 is 2.14 bits per heavy atom. The molecule has 0 saturated heterocycles. The molecule has 0 fully saturated rings. The number of hydrogen-bond donors (Lipinski definition) is 1. The molecule has 0 radical (unpaired) electrons. The van der Waals surface area contributed by atoms with Gasteiger partial charge in [0.15, 0.2) is 5.65 Å². The third kappa shape index (κ3) is 2.80. The summed E-state index contributed by atoms with van der Waals surface area (Å²) in [6, 6.07) is 5.54. The molecule has 0 aromatic carbocycles. The highest BCUT2D eigenvalue weighted by Gasteiger charge is 2.29. The van der Waals surface area contributed by atoms with Crippen molar-refractivity contribution in [1.29, 1.82) is 0 Å². The summed E-state index contributed by atoms with van der Waals surface area (Å²) in [6.45, 7) is 2.21. The molecule has 10 heteroatoms. The van der Waals surface area contributed by atoms with Gasteiger partial charge in [0.05, 0.1) is 34.9 Å². The normalized spacial score (nSPS) is 13.2.